The molecule has 0 radical (unpaired) electrons. The summed E-state index contributed by atoms with van der Waals surface area (Å²) < 4.78 is 0. The Morgan fingerprint density at radius 1 is 1.23 bits per heavy atom. The Bertz CT molecular complexity index is 121. The van der Waals surface area contributed by atoms with Gasteiger partial charge in [0.25, 0.3) is 0 Å². The molecule has 1 N–H and O–H groups in total. The second-order valence-electron chi connectivity index (χ2n) is 5.10. The van der Waals surface area contributed by atoms with Gasteiger partial charge in [-0.25, -0.2) is 0 Å². The maximum atomic E-state index is 3.75. The summed E-state index contributed by atoms with van der Waals surface area (Å²) >= 11 is 0. The zero-order valence-corrected chi connectivity index (χ0v) is 11.1. The standard InChI is InChI=1S/C11H27NSi/c1-6-10-13(4,5)12-9-7-8-11(2)3/h11-12H,6-10H2,1-5H3. The molecule has 0 aliphatic carbocycles. The molecule has 0 saturated heterocycles. The Morgan fingerprint density at radius 2 is 1.85 bits per heavy atom. The quantitative estimate of drug-likeness (QED) is 0.490. The molecule has 0 saturated carbocycles. The van der Waals surface area contributed by atoms with Gasteiger partial charge in [0.2, 0.25) is 0 Å². The van der Waals surface area contributed by atoms with Crippen LogP contribution >= 0.6 is 0 Å². The largest absolute Gasteiger partial charge is 0.337 e. The number of nitrogens with one attached hydrogen (secondary N) is 1. The van der Waals surface area contributed by atoms with Crippen LogP contribution in [0.25, 0.3) is 0 Å². The van der Waals surface area contributed by atoms with Crippen molar-refractivity contribution in [1.29, 1.82) is 0 Å². The van der Waals surface area contributed by atoms with Gasteiger partial charge in [0.15, 0.2) is 0 Å². The third-order valence-electron chi connectivity index (χ3n) is 2.44. The van der Waals surface area contributed by atoms with Crippen molar-refractivity contribution in [1.82, 2.24) is 4.98 Å². The molecule has 80 valence electrons. The van der Waals surface area contributed by atoms with Crippen LogP contribution in [0.2, 0.25) is 19.1 Å². The topological polar surface area (TPSA) is 12.0 Å². The van der Waals surface area contributed by atoms with E-state index in [1.165, 1.54) is 31.9 Å². The van der Waals surface area contributed by atoms with Crippen molar-refractivity contribution in [3.8, 4) is 0 Å². The molecule has 2 heteroatoms. The average molecular weight is 201 g/mol. The minimum absolute atomic E-state index is 0.859. The zero-order valence-electron chi connectivity index (χ0n) is 10.1. The lowest BCUT2D eigenvalue weighted by Crippen LogP contribution is -2.44. The smallest absolute Gasteiger partial charge is 0.119 e. The van der Waals surface area contributed by atoms with Gasteiger partial charge in [-0.15, -0.1) is 0 Å². The first kappa shape index (κ1) is 13.2. The molecular weight excluding hydrogens is 174 g/mol. The van der Waals surface area contributed by atoms with Crippen molar-refractivity contribution in [2.75, 3.05) is 6.54 Å². The number of rotatable bonds is 7. The highest BCUT2D eigenvalue weighted by atomic mass is 28.3. The number of hydrogen-bond donors (Lipinski definition) is 1. The summed E-state index contributed by atoms with van der Waals surface area (Å²) in [5, 5.41) is 0. The molecule has 1 nitrogen and oxygen atoms in total. The molecule has 0 aliphatic heterocycles. The van der Waals surface area contributed by atoms with Crippen LogP contribution in [0.1, 0.15) is 40.0 Å². The summed E-state index contributed by atoms with van der Waals surface area (Å²) in [6.45, 7) is 13.0. The predicted octanol–water partition coefficient (Wildman–Crippen LogP) is 3.63. The van der Waals surface area contributed by atoms with Crippen LogP contribution in [-0.4, -0.2) is 14.8 Å². The highest BCUT2D eigenvalue weighted by molar-refractivity contribution is 6.74. The number of hydrogen-bond acceptors (Lipinski definition) is 1. The van der Waals surface area contributed by atoms with Crippen LogP contribution in [-0.2, 0) is 0 Å². The van der Waals surface area contributed by atoms with Crippen molar-refractivity contribution in [2.45, 2.75) is 59.2 Å². The molecule has 0 amide bonds. The summed E-state index contributed by atoms with van der Waals surface area (Å²) in [5.74, 6) is 0.859. The van der Waals surface area contributed by atoms with E-state index in [-0.39, 0.29) is 0 Å². The fraction of sp³-hybridized carbons (Fsp3) is 1.00. The van der Waals surface area contributed by atoms with Crippen LogP contribution in [0, 0.1) is 5.92 Å². The second kappa shape index (κ2) is 6.60. The van der Waals surface area contributed by atoms with Gasteiger partial charge in [-0.1, -0.05) is 40.3 Å². The summed E-state index contributed by atoms with van der Waals surface area (Å²) in [6, 6.07) is 1.41. The highest BCUT2D eigenvalue weighted by Crippen LogP contribution is 2.08. The molecule has 0 atom stereocenters. The normalized spacial score (nSPS) is 12.5. The van der Waals surface area contributed by atoms with Crippen molar-refractivity contribution in [2.24, 2.45) is 5.92 Å². The van der Waals surface area contributed by atoms with E-state index in [4.69, 9.17) is 0 Å². The van der Waals surface area contributed by atoms with Gasteiger partial charge < -0.3 is 4.98 Å². The van der Waals surface area contributed by atoms with Crippen molar-refractivity contribution >= 4 is 8.24 Å². The fourth-order valence-electron chi connectivity index (χ4n) is 1.65. The molecule has 13 heavy (non-hydrogen) atoms. The molecule has 0 bridgehead atoms. The van der Waals surface area contributed by atoms with Gasteiger partial charge in [-0.2, -0.15) is 0 Å². The first-order valence-electron chi connectivity index (χ1n) is 5.73. The summed E-state index contributed by atoms with van der Waals surface area (Å²) in [4.78, 5) is 3.75. The maximum absolute atomic E-state index is 3.75. The molecule has 0 aliphatic rings. The van der Waals surface area contributed by atoms with E-state index in [0.717, 1.165) is 5.92 Å². The molecule has 0 aromatic rings. The Morgan fingerprint density at radius 3 is 2.31 bits per heavy atom. The van der Waals surface area contributed by atoms with E-state index in [1.807, 2.05) is 0 Å². The Hall–Kier alpha value is 0.177. The van der Waals surface area contributed by atoms with E-state index in [2.05, 4.69) is 38.8 Å². The zero-order chi connectivity index (χ0) is 10.3. The van der Waals surface area contributed by atoms with Crippen LogP contribution in [0.3, 0.4) is 0 Å². The summed E-state index contributed by atoms with van der Waals surface area (Å²) in [5.41, 5.74) is 0. The maximum Gasteiger partial charge on any atom is 0.119 e. The van der Waals surface area contributed by atoms with E-state index >= 15 is 0 Å². The first-order valence-corrected chi connectivity index (χ1v) is 8.93. The van der Waals surface area contributed by atoms with Crippen molar-refractivity contribution < 1.29 is 0 Å². The molecule has 0 fully saturated rings. The van der Waals surface area contributed by atoms with Gasteiger partial charge >= 0.3 is 0 Å². The van der Waals surface area contributed by atoms with Gasteiger partial charge in [-0.05, 0) is 31.3 Å². The lowest BCUT2D eigenvalue weighted by molar-refractivity contribution is 0.551. The molecule has 0 aromatic heterocycles. The van der Waals surface area contributed by atoms with E-state index in [9.17, 15) is 0 Å². The van der Waals surface area contributed by atoms with Crippen LogP contribution in [0.15, 0.2) is 0 Å². The minimum Gasteiger partial charge on any atom is -0.337 e. The summed E-state index contributed by atoms with van der Waals surface area (Å²) in [7, 11) is -1.03. The molecule has 0 heterocycles. The summed E-state index contributed by atoms with van der Waals surface area (Å²) in [6.07, 6.45) is 4.04. The monoisotopic (exact) mass is 201 g/mol. The highest BCUT2D eigenvalue weighted by Gasteiger charge is 2.17. The van der Waals surface area contributed by atoms with Gasteiger partial charge in [-0.3, -0.25) is 0 Å². The third-order valence-corrected chi connectivity index (χ3v) is 5.39. The van der Waals surface area contributed by atoms with E-state index in [1.54, 1.807) is 0 Å². The molecule has 0 aromatic carbocycles. The fourth-order valence-corrected chi connectivity index (χ4v) is 3.93. The van der Waals surface area contributed by atoms with Gasteiger partial charge in [0, 0.05) is 0 Å². The molecule has 0 spiro atoms. The van der Waals surface area contributed by atoms with Crippen LogP contribution < -0.4 is 4.98 Å². The van der Waals surface area contributed by atoms with Gasteiger partial charge in [0.05, 0.1) is 0 Å². The molecular formula is C11H27NSi. The molecule has 0 rings (SSSR count). The Kier molecular flexibility index (Phi) is 6.69. The van der Waals surface area contributed by atoms with Crippen molar-refractivity contribution in [3.05, 3.63) is 0 Å². The van der Waals surface area contributed by atoms with Crippen LogP contribution in [0.4, 0.5) is 0 Å². The lowest BCUT2D eigenvalue weighted by Gasteiger charge is -2.23. The Balaban J connectivity index is 3.40. The van der Waals surface area contributed by atoms with E-state index in [0.29, 0.717) is 0 Å². The first-order chi connectivity index (χ1) is 5.98. The average Bonchev–Trinajstić information content (AvgIpc) is 1.98. The lowest BCUT2D eigenvalue weighted by atomic mass is 10.1. The van der Waals surface area contributed by atoms with Gasteiger partial charge in [0.1, 0.15) is 8.24 Å². The predicted molar refractivity (Wildman–Crippen MR) is 64.7 cm³/mol. The van der Waals surface area contributed by atoms with Crippen LogP contribution in [0.5, 0.6) is 0 Å². The van der Waals surface area contributed by atoms with Crippen molar-refractivity contribution in [3.63, 3.8) is 0 Å². The van der Waals surface area contributed by atoms with E-state index < -0.39 is 8.24 Å². The Labute approximate surface area is 85.4 Å². The third kappa shape index (κ3) is 8.51. The molecule has 0 unspecified atom stereocenters. The SMILES string of the molecule is CCC[Si](C)(C)NCCCC(C)C. The minimum atomic E-state index is -1.03. The second-order valence-corrected chi connectivity index (χ2v) is 9.72.